The van der Waals surface area contributed by atoms with Crippen molar-refractivity contribution in [2.24, 2.45) is 0 Å². The summed E-state index contributed by atoms with van der Waals surface area (Å²) >= 11 is 0. The Bertz CT molecular complexity index is 1000. The molecule has 4 nitrogen and oxygen atoms in total. The molecule has 0 bridgehead atoms. The third-order valence-corrected chi connectivity index (χ3v) is 4.56. The van der Waals surface area contributed by atoms with Gasteiger partial charge in [-0.15, -0.1) is 0 Å². The maximum atomic E-state index is 13.4. The van der Waals surface area contributed by atoms with Crippen molar-refractivity contribution >= 4 is 5.91 Å². The van der Waals surface area contributed by atoms with Crippen molar-refractivity contribution in [2.75, 3.05) is 0 Å². The van der Waals surface area contributed by atoms with Crippen LogP contribution in [0.25, 0.3) is 11.1 Å². The quantitative estimate of drug-likeness (QED) is 0.623. The number of nitrogens with one attached hydrogen (secondary N) is 1. The van der Waals surface area contributed by atoms with Gasteiger partial charge in [-0.25, -0.2) is 0 Å². The van der Waals surface area contributed by atoms with E-state index in [2.05, 4.69) is 16.5 Å². The van der Waals surface area contributed by atoms with Gasteiger partial charge in [0.25, 0.3) is 5.91 Å². The summed E-state index contributed by atoms with van der Waals surface area (Å²) in [5.41, 5.74) is 2.56. The van der Waals surface area contributed by atoms with Crippen molar-refractivity contribution in [1.29, 1.82) is 0 Å². The molecule has 0 aliphatic carbocycles. The van der Waals surface area contributed by atoms with Crippen LogP contribution in [0.4, 0.5) is 13.2 Å². The Hall–Kier alpha value is -3.09. The lowest BCUT2D eigenvalue weighted by molar-refractivity contribution is -0.145. The molecule has 0 saturated heterocycles. The lowest BCUT2D eigenvalue weighted by Crippen LogP contribution is -2.26. The molecule has 1 N–H and O–H groups in total. The molecule has 0 radical (unpaired) electrons. The zero-order valence-corrected chi connectivity index (χ0v) is 16.4. The number of halogens is 3. The molecule has 0 saturated carbocycles. The first-order valence-electron chi connectivity index (χ1n) is 9.25. The van der Waals surface area contributed by atoms with Gasteiger partial charge in [-0.3, -0.25) is 9.48 Å². The van der Waals surface area contributed by atoms with Crippen LogP contribution >= 0.6 is 0 Å². The molecule has 0 unspecified atom stereocenters. The second-order valence-electron chi connectivity index (χ2n) is 7.19. The van der Waals surface area contributed by atoms with Gasteiger partial charge in [-0.1, -0.05) is 54.1 Å². The van der Waals surface area contributed by atoms with Crippen LogP contribution < -0.4 is 5.32 Å². The van der Waals surface area contributed by atoms with Gasteiger partial charge in [0.1, 0.15) is 0 Å². The normalized spacial score (nSPS) is 11.7. The second-order valence-corrected chi connectivity index (χ2v) is 7.19. The van der Waals surface area contributed by atoms with Gasteiger partial charge in [-0.05, 0) is 37.5 Å². The molecule has 3 rings (SSSR count). The van der Waals surface area contributed by atoms with Gasteiger partial charge in [0.05, 0.1) is 11.8 Å². The van der Waals surface area contributed by atoms with Crippen LogP contribution in [-0.4, -0.2) is 15.7 Å². The molecule has 0 aliphatic heterocycles. The van der Waals surface area contributed by atoms with Gasteiger partial charge in [0.2, 0.25) is 0 Å². The summed E-state index contributed by atoms with van der Waals surface area (Å²) in [7, 11) is 0. The molecular weight excluding hydrogens is 379 g/mol. The second kappa shape index (κ2) is 8.11. The number of nitrogens with zero attached hydrogens (tertiary/aromatic N) is 2. The smallest absolute Gasteiger partial charge is 0.348 e. The summed E-state index contributed by atoms with van der Waals surface area (Å²) in [4.78, 5) is 12.4. The van der Waals surface area contributed by atoms with E-state index in [-0.39, 0.29) is 6.54 Å². The third kappa shape index (κ3) is 4.67. The number of carbonyl (C=O) groups excluding carboxylic acids is 1. The molecular formula is C22H22F3N3O. The summed E-state index contributed by atoms with van der Waals surface area (Å²) in [6.45, 7) is 5.31. The van der Waals surface area contributed by atoms with E-state index < -0.39 is 29.4 Å². The maximum absolute atomic E-state index is 13.4. The number of hydrogen-bond donors (Lipinski definition) is 1. The first-order chi connectivity index (χ1) is 13.7. The minimum Gasteiger partial charge on any atom is -0.348 e. The molecule has 3 aromatic rings. The highest BCUT2D eigenvalue weighted by Gasteiger charge is 2.40. The van der Waals surface area contributed by atoms with Crippen LogP contribution in [0.1, 0.15) is 47.1 Å². The van der Waals surface area contributed by atoms with Crippen molar-refractivity contribution in [3.05, 3.63) is 77.1 Å². The standard InChI is InChI=1S/C22H22F3N3O/c1-14(2)28-20(22(23,24)25)19(13-27-28)21(29)26-12-16-7-9-17(10-8-16)18-6-4-5-15(3)11-18/h4-11,13-14H,12H2,1-3H3,(H,26,29). The number of hydrogen-bond acceptors (Lipinski definition) is 2. The molecule has 2 aromatic carbocycles. The van der Waals surface area contributed by atoms with Gasteiger partial charge < -0.3 is 5.32 Å². The molecule has 1 heterocycles. The van der Waals surface area contributed by atoms with Gasteiger partial charge in [0.15, 0.2) is 5.69 Å². The van der Waals surface area contributed by atoms with Crippen LogP contribution in [0, 0.1) is 6.92 Å². The fourth-order valence-corrected chi connectivity index (χ4v) is 3.12. The van der Waals surface area contributed by atoms with Gasteiger partial charge >= 0.3 is 6.18 Å². The fourth-order valence-electron chi connectivity index (χ4n) is 3.12. The van der Waals surface area contributed by atoms with Crippen LogP contribution in [0.15, 0.2) is 54.7 Å². The van der Waals surface area contributed by atoms with E-state index in [1.807, 2.05) is 49.4 Å². The lowest BCUT2D eigenvalue weighted by Gasteiger charge is -2.15. The zero-order chi connectivity index (χ0) is 21.2. The topological polar surface area (TPSA) is 46.9 Å². The Morgan fingerprint density at radius 1 is 1.10 bits per heavy atom. The summed E-state index contributed by atoms with van der Waals surface area (Å²) < 4.78 is 41.1. The predicted octanol–water partition coefficient (Wildman–Crippen LogP) is 5.39. The highest BCUT2D eigenvalue weighted by molar-refractivity contribution is 5.95. The van der Waals surface area contributed by atoms with Crippen LogP contribution in [0.5, 0.6) is 0 Å². The maximum Gasteiger partial charge on any atom is 0.433 e. The summed E-state index contributed by atoms with van der Waals surface area (Å²) in [6.07, 6.45) is -3.69. The van der Waals surface area contributed by atoms with Crippen molar-refractivity contribution in [3.8, 4) is 11.1 Å². The number of amides is 1. The Balaban J connectivity index is 1.73. The van der Waals surface area contributed by atoms with E-state index in [0.717, 1.165) is 33.1 Å². The Kier molecular flexibility index (Phi) is 5.77. The van der Waals surface area contributed by atoms with E-state index in [9.17, 15) is 18.0 Å². The molecule has 29 heavy (non-hydrogen) atoms. The summed E-state index contributed by atoms with van der Waals surface area (Å²) in [6, 6.07) is 15.1. The van der Waals surface area contributed by atoms with Crippen molar-refractivity contribution in [3.63, 3.8) is 0 Å². The number of benzene rings is 2. The highest BCUT2D eigenvalue weighted by Crippen LogP contribution is 2.33. The van der Waals surface area contributed by atoms with E-state index in [1.54, 1.807) is 13.8 Å². The summed E-state index contributed by atoms with van der Waals surface area (Å²) in [5, 5.41) is 6.30. The zero-order valence-electron chi connectivity index (χ0n) is 16.4. The third-order valence-electron chi connectivity index (χ3n) is 4.56. The number of aryl methyl sites for hydroxylation is 1. The first kappa shape index (κ1) is 20.6. The molecule has 0 atom stereocenters. The lowest BCUT2D eigenvalue weighted by atomic mass is 10.0. The fraction of sp³-hybridized carbons (Fsp3) is 0.273. The molecule has 152 valence electrons. The minimum absolute atomic E-state index is 0.122. The SMILES string of the molecule is Cc1cccc(-c2ccc(CNC(=O)c3cnn(C(C)C)c3C(F)(F)F)cc2)c1. The molecule has 0 fully saturated rings. The predicted molar refractivity (Wildman–Crippen MR) is 105 cm³/mol. The van der Waals surface area contributed by atoms with Crippen LogP contribution in [0.3, 0.4) is 0 Å². The van der Waals surface area contributed by atoms with Gasteiger partial charge in [-0.2, -0.15) is 18.3 Å². The Labute approximate surface area is 167 Å². The number of rotatable bonds is 5. The van der Waals surface area contributed by atoms with E-state index >= 15 is 0 Å². The average molecular weight is 401 g/mol. The van der Waals surface area contributed by atoms with Crippen LogP contribution in [0.2, 0.25) is 0 Å². The number of carbonyl (C=O) groups is 1. The highest BCUT2D eigenvalue weighted by atomic mass is 19.4. The molecule has 7 heteroatoms. The van der Waals surface area contributed by atoms with E-state index in [4.69, 9.17) is 0 Å². The number of aromatic nitrogens is 2. The Morgan fingerprint density at radius 3 is 2.38 bits per heavy atom. The molecule has 0 aliphatic rings. The van der Waals surface area contributed by atoms with Crippen LogP contribution in [-0.2, 0) is 12.7 Å². The van der Waals surface area contributed by atoms with Crippen molar-refractivity contribution in [1.82, 2.24) is 15.1 Å². The van der Waals surface area contributed by atoms with Crippen molar-refractivity contribution < 1.29 is 18.0 Å². The summed E-state index contributed by atoms with van der Waals surface area (Å²) in [5.74, 6) is -0.799. The monoisotopic (exact) mass is 401 g/mol. The molecule has 0 spiro atoms. The largest absolute Gasteiger partial charge is 0.433 e. The molecule has 1 amide bonds. The molecule has 1 aromatic heterocycles. The van der Waals surface area contributed by atoms with E-state index in [0.29, 0.717) is 0 Å². The average Bonchev–Trinajstić information content (AvgIpc) is 3.13. The number of alkyl halides is 3. The van der Waals surface area contributed by atoms with Crippen molar-refractivity contribution in [2.45, 2.75) is 39.5 Å². The minimum atomic E-state index is -4.66. The van der Waals surface area contributed by atoms with E-state index in [1.165, 1.54) is 0 Å². The van der Waals surface area contributed by atoms with Gasteiger partial charge in [0, 0.05) is 12.6 Å². The first-order valence-corrected chi connectivity index (χ1v) is 9.25. The Morgan fingerprint density at radius 2 is 1.79 bits per heavy atom.